The Morgan fingerprint density at radius 2 is 0.733 bits per heavy atom. The standard InChI is InChI=1S/C24H32N2O4/c27-13-9-25(10-14-28)17-23-19-5-1-2-6-20(19)24(18-26(11-15-29)12-16-30)22-8-4-3-7-21(22)23/h1-8,27-30H,9-18H2. The number of hydrogen-bond acceptors (Lipinski definition) is 6. The summed E-state index contributed by atoms with van der Waals surface area (Å²) >= 11 is 0. The van der Waals surface area contributed by atoms with Crippen LogP contribution in [0.15, 0.2) is 48.5 Å². The summed E-state index contributed by atoms with van der Waals surface area (Å²) in [5, 5.41) is 42.4. The van der Waals surface area contributed by atoms with Crippen LogP contribution < -0.4 is 0 Å². The molecule has 0 aliphatic heterocycles. The molecule has 162 valence electrons. The van der Waals surface area contributed by atoms with Crippen molar-refractivity contribution in [1.29, 1.82) is 0 Å². The zero-order chi connectivity index (χ0) is 21.3. The van der Waals surface area contributed by atoms with E-state index < -0.39 is 0 Å². The fourth-order valence-electron chi connectivity index (χ4n) is 4.20. The SMILES string of the molecule is OCCN(CCO)Cc1c2ccccc2c(CN(CCO)CCO)c2ccccc12. The van der Waals surface area contributed by atoms with Crippen LogP contribution in [0.3, 0.4) is 0 Å². The van der Waals surface area contributed by atoms with Crippen LogP contribution in [0, 0.1) is 0 Å². The van der Waals surface area contributed by atoms with Crippen LogP contribution in [0.4, 0.5) is 0 Å². The molecule has 0 unspecified atom stereocenters. The van der Waals surface area contributed by atoms with Crippen LogP contribution in [0.2, 0.25) is 0 Å². The summed E-state index contributed by atoms with van der Waals surface area (Å²) in [7, 11) is 0. The van der Waals surface area contributed by atoms with Gasteiger partial charge in [-0.3, -0.25) is 9.80 Å². The van der Waals surface area contributed by atoms with Gasteiger partial charge in [0.1, 0.15) is 0 Å². The van der Waals surface area contributed by atoms with Gasteiger partial charge in [0, 0.05) is 39.3 Å². The lowest BCUT2D eigenvalue weighted by atomic mass is 9.91. The Labute approximate surface area is 177 Å². The highest BCUT2D eigenvalue weighted by Gasteiger charge is 2.17. The van der Waals surface area contributed by atoms with Crippen LogP contribution >= 0.6 is 0 Å². The molecule has 0 bridgehead atoms. The lowest BCUT2D eigenvalue weighted by Gasteiger charge is -2.26. The number of benzene rings is 3. The fourth-order valence-corrected chi connectivity index (χ4v) is 4.20. The molecule has 4 N–H and O–H groups in total. The number of hydrogen-bond donors (Lipinski definition) is 4. The minimum atomic E-state index is 0.0469. The van der Waals surface area contributed by atoms with Crippen molar-refractivity contribution in [3.05, 3.63) is 59.7 Å². The third-order valence-corrected chi connectivity index (χ3v) is 5.58. The highest BCUT2D eigenvalue weighted by atomic mass is 16.3. The molecule has 30 heavy (non-hydrogen) atoms. The van der Waals surface area contributed by atoms with Crippen molar-refractivity contribution < 1.29 is 20.4 Å². The normalized spacial score (nSPS) is 11.9. The van der Waals surface area contributed by atoms with E-state index >= 15 is 0 Å². The molecule has 3 aromatic rings. The molecule has 6 heteroatoms. The van der Waals surface area contributed by atoms with E-state index in [4.69, 9.17) is 0 Å². The van der Waals surface area contributed by atoms with Crippen LogP contribution in [-0.2, 0) is 13.1 Å². The molecule has 0 aromatic heterocycles. The van der Waals surface area contributed by atoms with E-state index in [1.807, 2.05) is 24.3 Å². The molecule has 0 radical (unpaired) electrons. The van der Waals surface area contributed by atoms with Crippen LogP contribution in [0.25, 0.3) is 21.5 Å². The van der Waals surface area contributed by atoms with Crippen molar-refractivity contribution in [1.82, 2.24) is 9.80 Å². The number of aliphatic hydroxyl groups excluding tert-OH is 4. The van der Waals surface area contributed by atoms with E-state index in [-0.39, 0.29) is 26.4 Å². The molecular weight excluding hydrogens is 380 g/mol. The van der Waals surface area contributed by atoms with Crippen LogP contribution in [0.5, 0.6) is 0 Å². The van der Waals surface area contributed by atoms with Gasteiger partial charge >= 0.3 is 0 Å². The predicted molar refractivity (Wildman–Crippen MR) is 120 cm³/mol. The summed E-state index contributed by atoms with van der Waals surface area (Å²) in [5.74, 6) is 0. The van der Waals surface area contributed by atoms with Gasteiger partial charge in [0.2, 0.25) is 0 Å². The van der Waals surface area contributed by atoms with Gasteiger partial charge in [-0.15, -0.1) is 0 Å². The molecule has 0 fully saturated rings. The molecular formula is C24H32N2O4. The Kier molecular flexibility index (Phi) is 8.57. The van der Waals surface area contributed by atoms with Crippen LogP contribution in [-0.4, -0.2) is 82.8 Å². The minimum absolute atomic E-state index is 0.0469. The van der Waals surface area contributed by atoms with Crippen LogP contribution in [0.1, 0.15) is 11.1 Å². The van der Waals surface area contributed by atoms with Gasteiger partial charge < -0.3 is 20.4 Å². The number of fused-ring (bicyclic) bond motifs is 2. The van der Waals surface area contributed by atoms with E-state index in [2.05, 4.69) is 34.1 Å². The van der Waals surface area contributed by atoms with Gasteiger partial charge in [-0.1, -0.05) is 48.5 Å². The Hall–Kier alpha value is -2.06. The Balaban J connectivity index is 2.17. The van der Waals surface area contributed by atoms with Crippen molar-refractivity contribution in [3.63, 3.8) is 0 Å². The number of rotatable bonds is 12. The van der Waals surface area contributed by atoms with E-state index in [0.29, 0.717) is 39.3 Å². The van der Waals surface area contributed by atoms with Crippen molar-refractivity contribution in [2.75, 3.05) is 52.6 Å². The zero-order valence-electron chi connectivity index (χ0n) is 17.4. The second-order valence-electron chi connectivity index (χ2n) is 7.49. The molecule has 0 amide bonds. The topological polar surface area (TPSA) is 87.4 Å². The van der Waals surface area contributed by atoms with Crippen molar-refractivity contribution in [2.24, 2.45) is 0 Å². The first-order chi connectivity index (χ1) is 14.7. The van der Waals surface area contributed by atoms with E-state index in [1.54, 1.807) is 0 Å². The van der Waals surface area contributed by atoms with Crippen molar-refractivity contribution in [3.8, 4) is 0 Å². The Morgan fingerprint density at radius 1 is 0.467 bits per heavy atom. The van der Waals surface area contributed by atoms with Crippen molar-refractivity contribution in [2.45, 2.75) is 13.1 Å². The molecule has 0 heterocycles. The zero-order valence-corrected chi connectivity index (χ0v) is 17.4. The largest absolute Gasteiger partial charge is 0.395 e. The second-order valence-corrected chi connectivity index (χ2v) is 7.49. The first-order valence-corrected chi connectivity index (χ1v) is 10.5. The highest BCUT2D eigenvalue weighted by molar-refractivity contribution is 6.05. The van der Waals surface area contributed by atoms with Gasteiger partial charge in [0.15, 0.2) is 0 Å². The van der Waals surface area contributed by atoms with E-state index in [0.717, 1.165) is 21.5 Å². The van der Waals surface area contributed by atoms with Gasteiger partial charge in [-0.2, -0.15) is 0 Å². The fraction of sp³-hybridized carbons (Fsp3) is 0.417. The maximum absolute atomic E-state index is 9.44. The van der Waals surface area contributed by atoms with Gasteiger partial charge in [-0.25, -0.2) is 0 Å². The van der Waals surface area contributed by atoms with Gasteiger partial charge in [0.25, 0.3) is 0 Å². The number of nitrogens with zero attached hydrogens (tertiary/aromatic N) is 2. The first kappa shape index (κ1) is 22.6. The smallest absolute Gasteiger partial charge is 0.0558 e. The van der Waals surface area contributed by atoms with E-state index in [9.17, 15) is 20.4 Å². The molecule has 0 saturated heterocycles. The Morgan fingerprint density at radius 3 is 0.967 bits per heavy atom. The van der Waals surface area contributed by atoms with E-state index in [1.165, 1.54) is 11.1 Å². The molecule has 0 aliphatic carbocycles. The average molecular weight is 413 g/mol. The second kappa shape index (κ2) is 11.4. The Bertz CT molecular complexity index is 802. The summed E-state index contributed by atoms with van der Waals surface area (Å²) < 4.78 is 0. The summed E-state index contributed by atoms with van der Waals surface area (Å²) in [4.78, 5) is 4.13. The predicted octanol–water partition coefficient (Wildman–Crippen LogP) is 1.57. The maximum atomic E-state index is 9.44. The third kappa shape index (κ3) is 5.16. The lowest BCUT2D eigenvalue weighted by molar-refractivity contribution is 0.156. The average Bonchev–Trinajstić information content (AvgIpc) is 2.76. The number of aliphatic hydroxyl groups is 4. The molecule has 0 atom stereocenters. The first-order valence-electron chi connectivity index (χ1n) is 10.5. The highest BCUT2D eigenvalue weighted by Crippen LogP contribution is 2.34. The summed E-state index contributed by atoms with van der Waals surface area (Å²) in [5.41, 5.74) is 2.37. The molecule has 0 aliphatic rings. The third-order valence-electron chi connectivity index (χ3n) is 5.58. The summed E-state index contributed by atoms with van der Waals surface area (Å²) in [6.45, 7) is 3.49. The lowest BCUT2D eigenvalue weighted by Crippen LogP contribution is -2.30. The maximum Gasteiger partial charge on any atom is 0.0558 e. The molecule has 3 aromatic carbocycles. The van der Waals surface area contributed by atoms with Crippen molar-refractivity contribution >= 4 is 21.5 Å². The molecule has 0 saturated carbocycles. The van der Waals surface area contributed by atoms with Gasteiger partial charge in [0.05, 0.1) is 26.4 Å². The minimum Gasteiger partial charge on any atom is -0.395 e. The molecule has 3 rings (SSSR count). The quantitative estimate of drug-likeness (QED) is 0.338. The molecule has 0 spiro atoms. The summed E-state index contributed by atoms with van der Waals surface area (Å²) in [6, 6.07) is 16.6. The summed E-state index contributed by atoms with van der Waals surface area (Å²) in [6.07, 6.45) is 0. The molecule has 6 nitrogen and oxygen atoms in total. The van der Waals surface area contributed by atoms with Gasteiger partial charge in [-0.05, 0) is 32.7 Å². The monoisotopic (exact) mass is 412 g/mol.